The number of thioether (sulfide) groups is 1. The fraction of sp³-hybridized carbons (Fsp3) is 0.0714. The van der Waals surface area contributed by atoms with Gasteiger partial charge < -0.3 is 11.1 Å². The number of hydrogen-bond acceptors (Lipinski definition) is 3. The molecule has 0 aliphatic heterocycles. The van der Waals surface area contributed by atoms with E-state index in [2.05, 4.69) is 5.32 Å². The zero-order valence-electron chi connectivity index (χ0n) is 9.80. The number of carbonyl (C=O) groups is 1. The maximum Gasteiger partial charge on any atom is 0.234 e. The van der Waals surface area contributed by atoms with E-state index in [1.807, 2.05) is 42.5 Å². The molecule has 1 amide bonds. The van der Waals surface area contributed by atoms with Crippen molar-refractivity contribution in [3.63, 3.8) is 0 Å². The molecule has 0 heterocycles. The summed E-state index contributed by atoms with van der Waals surface area (Å²) in [7, 11) is 0. The molecule has 3 nitrogen and oxygen atoms in total. The number of nitrogens with one attached hydrogen (secondary N) is 1. The molecule has 0 saturated heterocycles. The molecule has 3 N–H and O–H groups in total. The van der Waals surface area contributed by atoms with Crippen molar-refractivity contribution < 1.29 is 4.79 Å². The number of nitrogens with two attached hydrogens (primary N) is 1. The van der Waals surface area contributed by atoms with Gasteiger partial charge in [-0.3, -0.25) is 4.79 Å². The van der Waals surface area contributed by atoms with Crippen molar-refractivity contribution in [2.45, 2.75) is 4.90 Å². The molecule has 0 bridgehead atoms. The van der Waals surface area contributed by atoms with Crippen LogP contribution in [0, 0.1) is 0 Å². The van der Waals surface area contributed by atoms with Crippen LogP contribution in [0.1, 0.15) is 0 Å². The number of rotatable bonds is 4. The molecule has 0 radical (unpaired) electrons. The van der Waals surface area contributed by atoms with Gasteiger partial charge in [0, 0.05) is 4.90 Å². The zero-order valence-corrected chi connectivity index (χ0v) is 10.6. The lowest BCUT2D eigenvalue weighted by atomic mass is 10.3. The molecular weight excluding hydrogens is 244 g/mol. The number of amides is 1. The van der Waals surface area contributed by atoms with Crippen LogP contribution in [0.2, 0.25) is 0 Å². The van der Waals surface area contributed by atoms with Crippen molar-refractivity contribution in [3.05, 3.63) is 54.6 Å². The minimum Gasteiger partial charge on any atom is -0.397 e. The summed E-state index contributed by atoms with van der Waals surface area (Å²) in [5, 5.41) is 2.80. The molecule has 2 rings (SSSR count). The molecule has 0 aromatic heterocycles. The maximum absolute atomic E-state index is 11.8. The Kier molecular flexibility index (Phi) is 4.25. The lowest BCUT2D eigenvalue weighted by Crippen LogP contribution is -2.15. The predicted octanol–water partition coefficient (Wildman–Crippen LogP) is 3.00. The SMILES string of the molecule is Nc1ccccc1NC(=O)CSc1ccccc1. The molecule has 2 aromatic rings. The predicted molar refractivity (Wildman–Crippen MR) is 76.7 cm³/mol. The van der Waals surface area contributed by atoms with Crippen LogP contribution < -0.4 is 11.1 Å². The molecule has 0 spiro atoms. The van der Waals surface area contributed by atoms with Crippen LogP contribution in [-0.4, -0.2) is 11.7 Å². The standard InChI is InChI=1S/C14H14N2OS/c15-12-8-4-5-9-13(12)16-14(17)10-18-11-6-2-1-3-7-11/h1-9H,10,15H2,(H,16,17). The van der Waals surface area contributed by atoms with Gasteiger partial charge in [-0.2, -0.15) is 0 Å². The normalized spacial score (nSPS) is 10.0. The molecule has 2 aromatic carbocycles. The zero-order chi connectivity index (χ0) is 12.8. The van der Waals surface area contributed by atoms with Crippen molar-refractivity contribution in [2.24, 2.45) is 0 Å². The summed E-state index contributed by atoms with van der Waals surface area (Å²) in [5.74, 6) is 0.319. The Morgan fingerprint density at radius 3 is 2.44 bits per heavy atom. The molecule has 0 aliphatic rings. The number of carbonyl (C=O) groups excluding carboxylic acids is 1. The molecule has 0 saturated carbocycles. The first-order valence-corrected chi connectivity index (χ1v) is 6.56. The van der Waals surface area contributed by atoms with Gasteiger partial charge >= 0.3 is 0 Å². The van der Waals surface area contributed by atoms with E-state index in [9.17, 15) is 4.79 Å². The molecule has 0 fully saturated rings. The third kappa shape index (κ3) is 3.53. The highest BCUT2D eigenvalue weighted by atomic mass is 32.2. The van der Waals surface area contributed by atoms with E-state index in [0.29, 0.717) is 17.1 Å². The summed E-state index contributed by atoms with van der Waals surface area (Å²) in [5.41, 5.74) is 7.00. The van der Waals surface area contributed by atoms with E-state index in [-0.39, 0.29) is 5.91 Å². The highest BCUT2D eigenvalue weighted by Gasteiger charge is 2.05. The van der Waals surface area contributed by atoms with Gasteiger partial charge in [0.25, 0.3) is 0 Å². The van der Waals surface area contributed by atoms with Crippen molar-refractivity contribution >= 4 is 29.0 Å². The largest absolute Gasteiger partial charge is 0.397 e. The second-order valence-corrected chi connectivity index (χ2v) is 4.79. The van der Waals surface area contributed by atoms with Gasteiger partial charge in [0.15, 0.2) is 0 Å². The molecule has 18 heavy (non-hydrogen) atoms. The number of nitrogen functional groups attached to an aromatic ring is 1. The molecule has 4 heteroatoms. The van der Waals surface area contributed by atoms with Crippen LogP contribution in [0.5, 0.6) is 0 Å². The number of para-hydroxylation sites is 2. The minimum absolute atomic E-state index is 0.0539. The van der Waals surface area contributed by atoms with Crippen molar-refractivity contribution in [2.75, 3.05) is 16.8 Å². The van der Waals surface area contributed by atoms with E-state index < -0.39 is 0 Å². The van der Waals surface area contributed by atoms with Gasteiger partial charge in [0.2, 0.25) is 5.91 Å². The second kappa shape index (κ2) is 6.12. The number of hydrogen-bond donors (Lipinski definition) is 2. The summed E-state index contributed by atoms with van der Waals surface area (Å²) < 4.78 is 0. The fourth-order valence-electron chi connectivity index (χ4n) is 1.46. The summed E-state index contributed by atoms with van der Waals surface area (Å²) in [6.07, 6.45) is 0. The third-order valence-electron chi connectivity index (χ3n) is 2.35. The summed E-state index contributed by atoms with van der Waals surface area (Å²) in [4.78, 5) is 12.8. The van der Waals surface area contributed by atoms with Crippen LogP contribution in [0.4, 0.5) is 11.4 Å². The molecular formula is C14H14N2OS. The lowest BCUT2D eigenvalue weighted by molar-refractivity contribution is -0.113. The van der Waals surface area contributed by atoms with E-state index >= 15 is 0 Å². The first-order chi connectivity index (χ1) is 8.75. The Hall–Kier alpha value is -1.94. The Bertz CT molecular complexity index is 528. The molecule has 0 aliphatic carbocycles. The van der Waals surface area contributed by atoms with Gasteiger partial charge in [-0.1, -0.05) is 30.3 Å². The van der Waals surface area contributed by atoms with E-state index in [0.717, 1.165) is 4.90 Å². The average molecular weight is 258 g/mol. The topological polar surface area (TPSA) is 55.1 Å². The van der Waals surface area contributed by atoms with Crippen LogP contribution in [0.25, 0.3) is 0 Å². The first kappa shape index (κ1) is 12.5. The Morgan fingerprint density at radius 1 is 1.06 bits per heavy atom. The van der Waals surface area contributed by atoms with Gasteiger partial charge in [0.1, 0.15) is 0 Å². The van der Waals surface area contributed by atoms with Crippen molar-refractivity contribution in [3.8, 4) is 0 Å². The number of anilines is 2. The quantitative estimate of drug-likeness (QED) is 0.654. The van der Waals surface area contributed by atoms with E-state index in [1.165, 1.54) is 11.8 Å². The Labute approximate surface area is 110 Å². The summed E-state index contributed by atoms with van der Waals surface area (Å²) in [6.45, 7) is 0. The van der Waals surface area contributed by atoms with Gasteiger partial charge in [-0.15, -0.1) is 11.8 Å². The van der Waals surface area contributed by atoms with Crippen molar-refractivity contribution in [1.82, 2.24) is 0 Å². The van der Waals surface area contributed by atoms with Crippen LogP contribution >= 0.6 is 11.8 Å². The Balaban J connectivity index is 1.88. The smallest absolute Gasteiger partial charge is 0.234 e. The van der Waals surface area contributed by atoms with Gasteiger partial charge in [0.05, 0.1) is 17.1 Å². The molecule has 92 valence electrons. The highest BCUT2D eigenvalue weighted by Crippen LogP contribution is 2.19. The summed E-state index contributed by atoms with van der Waals surface area (Å²) >= 11 is 1.50. The summed E-state index contributed by atoms with van der Waals surface area (Å²) in [6, 6.07) is 17.1. The van der Waals surface area contributed by atoms with Crippen LogP contribution in [0.15, 0.2) is 59.5 Å². The van der Waals surface area contributed by atoms with Gasteiger partial charge in [-0.05, 0) is 24.3 Å². The van der Waals surface area contributed by atoms with E-state index in [4.69, 9.17) is 5.73 Å². The maximum atomic E-state index is 11.8. The monoisotopic (exact) mass is 258 g/mol. The third-order valence-corrected chi connectivity index (χ3v) is 3.36. The van der Waals surface area contributed by atoms with E-state index in [1.54, 1.807) is 12.1 Å². The van der Waals surface area contributed by atoms with Crippen LogP contribution in [-0.2, 0) is 4.79 Å². The second-order valence-electron chi connectivity index (χ2n) is 3.74. The van der Waals surface area contributed by atoms with Crippen LogP contribution in [0.3, 0.4) is 0 Å². The fourth-order valence-corrected chi connectivity index (χ4v) is 2.18. The first-order valence-electron chi connectivity index (χ1n) is 5.58. The highest BCUT2D eigenvalue weighted by molar-refractivity contribution is 8.00. The van der Waals surface area contributed by atoms with Gasteiger partial charge in [-0.25, -0.2) is 0 Å². The average Bonchev–Trinajstić information content (AvgIpc) is 2.40. The molecule has 0 unspecified atom stereocenters. The Morgan fingerprint density at radius 2 is 1.72 bits per heavy atom. The lowest BCUT2D eigenvalue weighted by Gasteiger charge is -2.07. The number of benzene rings is 2. The minimum atomic E-state index is -0.0539. The molecule has 0 atom stereocenters. The van der Waals surface area contributed by atoms with Crippen molar-refractivity contribution in [1.29, 1.82) is 0 Å².